The first-order valence-electron chi connectivity index (χ1n) is 8.82. The molecule has 2 heterocycles. The van der Waals surface area contributed by atoms with E-state index in [9.17, 15) is 13.2 Å². The fourth-order valence-corrected chi connectivity index (χ4v) is 4.52. The summed E-state index contributed by atoms with van der Waals surface area (Å²) < 4.78 is 32.2. The molecule has 2 N–H and O–H groups in total. The third-order valence-electron chi connectivity index (χ3n) is 4.16. The zero-order valence-electron chi connectivity index (χ0n) is 15.4. The summed E-state index contributed by atoms with van der Waals surface area (Å²) in [4.78, 5) is 17.0. The van der Waals surface area contributed by atoms with Crippen molar-refractivity contribution in [2.24, 2.45) is 0 Å². The van der Waals surface area contributed by atoms with Gasteiger partial charge in [-0.3, -0.25) is 10.1 Å². The quantitative estimate of drug-likeness (QED) is 0.482. The third-order valence-corrected chi connectivity index (χ3v) is 6.48. The second-order valence-corrected chi connectivity index (χ2v) is 8.79. The van der Waals surface area contributed by atoms with E-state index in [1.165, 1.54) is 35.6 Å². The topological polar surface area (TPSA) is 101 Å². The van der Waals surface area contributed by atoms with Crippen molar-refractivity contribution in [3.63, 3.8) is 0 Å². The zero-order chi connectivity index (χ0) is 20.4. The molecular weight excluding hydrogens is 410 g/mol. The van der Waals surface area contributed by atoms with Crippen molar-refractivity contribution in [2.75, 3.05) is 11.9 Å². The molecule has 0 aliphatic heterocycles. The predicted molar refractivity (Wildman–Crippen MR) is 113 cm³/mol. The molecule has 0 bridgehead atoms. The highest BCUT2D eigenvalue weighted by molar-refractivity contribution is 7.89. The molecule has 4 aromatic rings. The summed E-state index contributed by atoms with van der Waals surface area (Å²) >= 11 is 1.28. The van der Waals surface area contributed by atoms with Crippen LogP contribution >= 0.6 is 11.3 Å². The monoisotopic (exact) mass is 427 g/mol. The summed E-state index contributed by atoms with van der Waals surface area (Å²) in [5.41, 5.74) is 1.74. The first kappa shape index (κ1) is 19.3. The molecule has 0 radical (unpaired) electrons. The molecule has 2 aromatic carbocycles. The molecular formula is C20H17N3O4S2. The molecule has 9 heteroatoms. The van der Waals surface area contributed by atoms with Gasteiger partial charge in [0.05, 0.1) is 4.90 Å². The van der Waals surface area contributed by atoms with E-state index < -0.39 is 10.0 Å². The van der Waals surface area contributed by atoms with Gasteiger partial charge in [-0.1, -0.05) is 25.1 Å². The summed E-state index contributed by atoms with van der Waals surface area (Å²) in [5.74, 6) is 0.254. The lowest BCUT2D eigenvalue weighted by Crippen LogP contribution is -2.23. The van der Waals surface area contributed by atoms with Crippen LogP contribution in [-0.4, -0.2) is 25.9 Å². The van der Waals surface area contributed by atoms with Crippen LogP contribution in [0.3, 0.4) is 0 Å². The molecule has 4 rings (SSSR count). The molecule has 0 fully saturated rings. The highest BCUT2D eigenvalue weighted by atomic mass is 32.2. The normalized spacial score (nSPS) is 11.6. The van der Waals surface area contributed by atoms with E-state index in [1.54, 1.807) is 12.3 Å². The van der Waals surface area contributed by atoms with Crippen LogP contribution < -0.4 is 10.0 Å². The summed E-state index contributed by atoms with van der Waals surface area (Å²) in [7, 11) is -3.55. The summed E-state index contributed by atoms with van der Waals surface area (Å²) in [5, 5.41) is 5.94. The fourth-order valence-electron chi connectivity index (χ4n) is 2.78. The van der Waals surface area contributed by atoms with Gasteiger partial charge in [0, 0.05) is 22.9 Å². The maximum Gasteiger partial charge on any atom is 0.257 e. The first-order valence-corrected chi connectivity index (χ1v) is 11.2. The summed E-state index contributed by atoms with van der Waals surface area (Å²) in [6.07, 6.45) is 0. The van der Waals surface area contributed by atoms with Crippen LogP contribution in [0.25, 0.3) is 22.4 Å². The van der Waals surface area contributed by atoms with Crippen LogP contribution in [0.4, 0.5) is 5.13 Å². The van der Waals surface area contributed by atoms with Crippen molar-refractivity contribution in [3.8, 4) is 11.5 Å². The molecule has 29 heavy (non-hydrogen) atoms. The van der Waals surface area contributed by atoms with Crippen molar-refractivity contribution in [1.29, 1.82) is 0 Å². The molecule has 1 amide bonds. The highest BCUT2D eigenvalue weighted by Gasteiger charge is 2.15. The number of hydrogen-bond acceptors (Lipinski definition) is 6. The number of amides is 1. The Bertz CT molecular complexity index is 1240. The van der Waals surface area contributed by atoms with Gasteiger partial charge in [-0.05, 0) is 36.4 Å². The van der Waals surface area contributed by atoms with E-state index in [4.69, 9.17) is 4.42 Å². The predicted octanol–water partition coefficient (Wildman–Crippen LogP) is 4.11. The number of fused-ring (bicyclic) bond motifs is 1. The lowest BCUT2D eigenvalue weighted by atomic mass is 10.2. The van der Waals surface area contributed by atoms with Crippen LogP contribution in [0.2, 0.25) is 0 Å². The summed E-state index contributed by atoms with van der Waals surface area (Å²) in [6.45, 7) is 2.00. The van der Waals surface area contributed by atoms with Crippen molar-refractivity contribution < 1.29 is 17.6 Å². The molecule has 0 saturated heterocycles. The van der Waals surface area contributed by atoms with E-state index in [-0.39, 0.29) is 10.8 Å². The third kappa shape index (κ3) is 4.07. The Kier molecular flexibility index (Phi) is 5.18. The number of aromatic nitrogens is 1. The lowest BCUT2D eigenvalue weighted by molar-refractivity contribution is 0.102. The van der Waals surface area contributed by atoms with E-state index in [2.05, 4.69) is 15.0 Å². The summed E-state index contributed by atoms with van der Waals surface area (Å²) in [6, 6.07) is 15.3. The van der Waals surface area contributed by atoms with Crippen molar-refractivity contribution >= 4 is 43.4 Å². The Morgan fingerprint density at radius 2 is 1.90 bits per heavy atom. The van der Waals surface area contributed by atoms with Gasteiger partial charge in [-0.25, -0.2) is 18.1 Å². The van der Waals surface area contributed by atoms with Crippen LogP contribution in [0.1, 0.15) is 17.3 Å². The minimum absolute atomic E-state index is 0.109. The first-order chi connectivity index (χ1) is 14.0. The number of carbonyl (C=O) groups excluding carboxylic acids is 1. The number of sulfonamides is 1. The minimum atomic E-state index is -3.55. The molecule has 0 aliphatic rings. The maximum absolute atomic E-state index is 12.5. The maximum atomic E-state index is 12.5. The van der Waals surface area contributed by atoms with E-state index >= 15 is 0 Å². The number of furan rings is 1. The molecule has 148 valence electrons. The van der Waals surface area contributed by atoms with Crippen LogP contribution in [0.15, 0.2) is 69.3 Å². The number of anilines is 1. The van der Waals surface area contributed by atoms with Gasteiger partial charge in [-0.15, -0.1) is 11.3 Å². The van der Waals surface area contributed by atoms with E-state index in [0.29, 0.717) is 28.7 Å². The van der Waals surface area contributed by atoms with Gasteiger partial charge in [0.25, 0.3) is 5.91 Å². The molecule has 0 saturated carbocycles. The zero-order valence-corrected chi connectivity index (χ0v) is 17.0. The number of thiazole rings is 1. The number of rotatable bonds is 6. The van der Waals surface area contributed by atoms with Crippen LogP contribution in [-0.2, 0) is 10.0 Å². The Morgan fingerprint density at radius 3 is 2.62 bits per heavy atom. The highest BCUT2D eigenvalue weighted by Crippen LogP contribution is 2.30. The van der Waals surface area contributed by atoms with Gasteiger partial charge < -0.3 is 4.42 Å². The van der Waals surface area contributed by atoms with Crippen LogP contribution in [0.5, 0.6) is 0 Å². The smallest absolute Gasteiger partial charge is 0.257 e. The molecule has 2 aromatic heterocycles. The van der Waals surface area contributed by atoms with Gasteiger partial charge in [0.2, 0.25) is 10.0 Å². The van der Waals surface area contributed by atoms with Gasteiger partial charge in [0.1, 0.15) is 11.3 Å². The Labute approximate surface area is 171 Å². The number of nitrogens with one attached hydrogen (secondary N) is 2. The average Bonchev–Trinajstić information content (AvgIpc) is 3.34. The fraction of sp³-hybridized carbons (Fsp3) is 0.100. The number of para-hydroxylation sites is 1. The number of nitrogens with zero attached hydrogens (tertiary/aromatic N) is 1. The van der Waals surface area contributed by atoms with Crippen molar-refractivity contribution in [2.45, 2.75) is 11.8 Å². The average molecular weight is 428 g/mol. The van der Waals surface area contributed by atoms with Gasteiger partial charge in [-0.2, -0.15) is 0 Å². The molecule has 7 nitrogen and oxygen atoms in total. The SMILES string of the molecule is CCNS(=O)(=O)c1ccc(C(=O)Nc2nc(-c3cc4ccccc4o3)cs2)cc1. The molecule has 0 spiro atoms. The Balaban J connectivity index is 1.49. The van der Waals surface area contributed by atoms with Crippen molar-refractivity contribution in [3.05, 3.63) is 65.5 Å². The van der Waals surface area contributed by atoms with Gasteiger partial charge >= 0.3 is 0 Å². The molecule has 0 unspecified atom stereocenters. The van der Waals surface area contributed by atoms with Crippen LogP contribution in [0, 0.1) is 0 Å². The molecule has 0 aliphatic carbocycles. The number of benzene rings is 2. The Hall–Kier alpha value is -3.01. The van der Waals surface area contributed by atoms with Gasteiger partial charge in [0.15, 0.2) is 10.9 Å². The second kappa shape index (κ2) is 7.78. The number of hydrogen-bond donors (Lipinski definition) is 2. The van der Waals surface area contributed by atoms with E-state index in [1.807, 2.05) is 30.3 Å². The lowest BCUT2D eigenvalue weighted by Gasteiger charge is -2.06. The number of carbonyl (C=O) groups is 1. The molecule has 0 atom stereocenters. The largest absolute Gasteiger partial charge is 0.454 e. The minimum Gasteiger partial charge on any atom is -0.454 e. The standard InChI is InChI=1S/C20H17N3O4S2/c1-2-21-29(25,26)15-9-7-13(8-10-15)19(24)23-20-22-16(12-28-20)18-11-14-5-3-4-6-17(14)27-18/h3-12,21H,2H2,1H3,(H,22,23,24). The van der Waals surface area contributed by atoms with Crippen molar-refractivity contribution in [1.82, 2.24) is 9.71 Å². The Morgan fingerprint density at radius 1 is 1.14 bits per heavy atom. The van der Waals surface area contributed by atoms with E-state index in [0.717, 1.165) is 11.0 Å². The second-order valence-electron chi connectivity index (χ2n) is 6.17.